The molecule has 5 nitrogen and oxygen atoms in total. The van der Waals surface area contributed by atoms with Gasteiger partial charge < -0.3 is 10.6 Å². The third-order valence-electron chi connectivity index (χ3n) is 7.77. The summed E-state index contributed by atoms with van der Waals surface area (Å²) >= 11 is 0. The number of nitrogens with one attached hydrogen (secondary N) is 2. The van der Waals surface area contributed by atoms with Gasteiger partial charge in [0.1, 0.15) is 0 Å². The van der Waals surface area contributed by atoms with Crippen LogP contribution in [0, 0.1) is 0 Å². The summed E-state index contributed by atoms with van der Waals surface area (Å²) in [6.45, 7) is 19.1. The van der Waals surface area contributed by atoms with E-state index in [2.05, 4.69) is 89.9 Å². The van der Waals surface area contributed by atoms with Crippen molar-refractivity contribution in [1.82, 2.24) is 20.4 Å². The standard InChI is InChI=1S/C23H46N4O/c1-20(2)13-17(14-21(3,4)26(20)9)24-12-11-19(28)25-18-15-22(5,6)27(10)23(7,8)16-18/h17-18,24H,11-16H2,1-10H3,(H,25,28). The molecule has 28 heavy (non-hydrogen) atoms. The van der Waals surface area contributed by atoms with Crippen LogP contribution in [0.2, 0.25) is 0 Å². The van der Waals surface area contributed by atoms with E-state index in [9.17, 15) is 4.79 Å². The quantitative estimate of drug-likeness (QED) is 0.750. The van der Waals surface area contributed by atoms with E-state index in [1.807, 2.05) is 0 Å². The lowest BCUT2D eigenvalue weighted by Crippen LogP contribution is -2.63. The molecular formula is C23H46N4O. The summed E-state index contributed by atoms with van der Waals surface area (Å²) in [4.78, 5) is 17.5. The van der Waals surface area contributed by atoms with Gasteiger partial charge in [-0.05, 0) is 95.2 Å². The van der Waals surface area contributed by atoms with Crippen LogP contribution in [0.3, 0.4) is 0 Å². The number of amides is 1. The van der Waals surface area contributed by atoms with Gasteiger partial charge in [-0.3, -0.25) is 14.6 Å². The maximum Gasteiger partial charge on any atom is 0.221 e. The highest BCUT2D eigenvalue weighted by molar-refractivity contribution is 5.76. The monoisotopic (exact) mass is 394 g/mol. The Bertz CT molecular complexity index is 531. The van der Waals surface area contributed by atoms with Crippen molar-refractivity contribution < 1.29 is 4.79 Å². The van der Waals surface area contributed by atoms with Crippen LogP contribution < -0.4 is 10.6 Å². The zero-order chi connectivity index (χ0) is 21.5. The number of hydrogen-bond acceptors (Lipinski definition) is 4. The molecule has 2 fully saturated rings. The van der Waals surface area contributed by atoms with Crippen molar-refractivity contribution in [3.05, 3.63) is 0 Å². The van der Waals surface area contributed by atoms with E-state index in [0.717, 1.165) is 32.2 Å². The molecule has 2 aliphatic rings. The molecule has 2 N–H and O–H groups in total. The van der Waals surface area contributed by atoms with Crippen molar-refractivity contribution in [2.24, 2.45) is 0 Å². The van der Waals surface area contributed by atoms with Crippen LogP contribution in [0.5, 0.6) is 0 Å². The highest BCUT2D eigenvalue weighted by Crippen LogP contribution is 2.37. The molecule has 2 rings (SSSR count). The van der Waals surface area contributed by atoms with E-state index in [4.69, 9.17) is 0 Å². The second-order valence-electron chi connectivity index (χ2n) is 11.8. The van der Waals surface area contributed by atoms with Crippen molar-refractivity contribution in [3.8, 4) is 0 Å². The van der Waals surface area contributed by atoms with Crippen LogP contribution in [-0.4, -0.2) is 70.6 Å². The molecule has 2 aliphatic heterocycles. The number of carbonyl (C=O) groups is 1. The number of likely N-dealkylation sites (tertiary alicyclic amines) is 2. The summed E-state index contributed by atoms with van der Waals surface area (Å²) < 4.78 is 0. The molecule has 0 radical (unpaired) electrons. The smallest absolute Gasteiger partial charge is 0.221 e. The van der Waals surface area contributed by atoms with Gasteiger partial charge in [-0.25, -0.2) is 0 Å². The van der Waals surface area contributed by atoms with Gasteiger partial charge in [0.05, 0.1) is 0 Å². The first kappa shape index (κ1) is 23.6. The van der Waals surface area contributed by atoms with Gasteiger partial charge in [0, 0.05) is 47.2 Å². The summed E-state index contributed by atoms with van der Waals surface area (Å²) in [5, 5.41) is 6.98. The van der Waals surface area contributed by atoms with E-state index in [0.29, 0.717) is 12.5 Å². The Labute approximate surface area is 174 Å². The first-order valence-electron chi connectivity index (χ1n) is 11.1. The Hall–Kier alpha value is -0.650. The van der Waals surface area contributed by atoms with Gasteiger partial charge in [0.15, 0.2) is 0 Å². The van der Waals surface area contributed by atoms with Gasteiger partial charge in [0.25, 0.3) is 0 Å². The highest BCUT2D eigenvalue weighted by Gasteiger charge is 2.44. The Morgan fingerprint density at radius 2 is 1.11 bits per heavy atom. The molecule has 0 atom stereocenters. The minimum absolute atomic E-state index is 0.100. The third-order valence-corrected chi connectivity index (χ3v) is 7.77. The van der Waals surface area contributed by atoms with E-state index < -0.39 is 0 Å². The Balaban J connectivity index is 1.82. The predicted octanol–water partition coefficient (Wildman–Crippen LogP) is 3.39. The van der Waals surface area contributed by atoms with E-state index in [-0.39, 0.29) is 34.1 Å². The lowest BCUT2D eigenvalue weighted by atomic mass is 9.77. The number of piperidine rings is 2. The summed E-state index contributed by atoms with van der Waals surface area (Å²) in [5.41, 5.74) is 0.548. The number of rotatable bonds is 5. The lowest BCUT2D eigenvalue weighted by molar-refractivity contribution is -0.123. The lowest BCUT2D eigenvalue weighted by Gasteiger charge is -2.54. The minimum atomic E-state index is 0.100. The van der Waals surface area contributed by atoms with Gasteiger partial charge in [0.2, 0.25) is 5.91 Å². The van der Waals surface area contributed by atoms with Crippen molar-refractivity contribution in [3.63, 3.8) is 0 Å². The van der Waals surface area contributed by atoms with Gasteiger partial charge in [-0.2, -0.15) is 0 Å². The third kappa shape index (κ3) is 5.28. The molecule has 0 unspecified atom stereocenters. The van der Waals surface area contributed by atoms with Crippen molar-refractivity contribution in [2.75, 3.05) is 20.6 Å². The largest absolute Gasteiger partial charge is 0.353 e. The zero-order valence-corrected chi connectivity index (χ0v) is 20.2. The summed E-state index contributed by atoms with van der Waals surface area (Å²) in [7, 11) is 4.43. The number of nitrogens with zero attached hydrogens (tertiary/aromatic N) is 2. The Morgan fingerprint density at radius 3 is 1.50 bits per heavy atom. The van der Waals surface area contributed by atoms with Crippen LogP contribution in [0.1, 0.15) is 87.5 Å². The Kier molecular flexibility index (Phi) is 6.65. The average molecular weight is 395 g/mol. The van der Waals surface area contributed by atoms with Crippen LogP contribution >= 0.6 is 0 Å². The molecule has 0 bridgehead atoms. The van der Waals surface area contributed by atoms with Gasteiger partial charge in [-0.15, -0.1) is 0 Å². The SMILES string of the molecule is CN1C(C)(C)CC(NCCC(=O)NC2CC(C)(C)N(C)C(C)(C)C2)CC1(C)C. The van der Waals surface area contributed by atoms with Crippen LogP contribution in [0.25, 0.3) is 0 Å². The fraction of sp³-hybridized carbons (Fsp3) is 0.957. The highest BCUT2D eigenvalue weighted by atomic mass is 16.1. The molecule has 0 aliphatic carbocycles. The first-order chi connectivity index (χ1) is 12.6. The molecule has 164 valence electrons. The van der Waals surface area contributed by atoms with Crippen molar-refractivity contribution in [1.29, 1.82) is 0 Å². The van der Waals surface area contributed by atoms with E-state index >= 15 is 0 Å². The molecule has 5 heteroatoms. The van der Waals surface area contributed by atoms with E-state index in [1.54, 1.807) is 0 Å². The molecule has 0 aromatic carbocycles. The molecular weight excluding hydrogens is 348 g/mol. The normalized spacial score (nSPS) is 28.2. The second-order valence-corrected chi connectivity index (χ2v) is 11.8. The molecule has 2 saturated heterocycles. The van der Waals surface area contributed by atoms with E-state index in [1.165, 1.54) is 0 Å². The maximum absolute atomic E-state index is 12.6. The van der Waals surface area contributed by atoms with Crippen LogP contribution in [-0.2, 0) is 4.79 Å². The molecule has 0 saturated carbocycles. The van der Waals surface area contributed by atoms with Crippen LogP contribution in [0.4, 0.5) is 0 Å². The topological polar surface area (TPSA) is 47.6 Å². The molecule has 1 amide bonds. The van der Waals surface area contributed by atoms with Gasteiger partial charge in [-0.1, -0.05) is 0 Å². The number of hydrogen-bond donors (Lipinski definition) is 2. The summed E-state index contributed by atoms with van der Waals surface area (Å²) in [5.74, 6) is 0.181. The maximum atomic E-state index is 12.6. The fourth-order valence-electron chi connectivity index (χ4n) is 5.68. The average Bonchev–Trinajstić information content (AvgIpc) is 2.49. The van der Waals surface area contributed by atoms with Gasteiger partial charge >= 0.3 is 0 Å². The molecule has 0 spiro atoms. The minimum Gasteiger partial charge on any atom is -0.353 e. The number of carbonyl (C=O) groups excluding carboxylic acids is 1. The van der Waals surface area contributed by atoms with Crippen molar-refractivity contribution in [2.45, 2.75) is 122 Å². The summed E-state index contributed by atoms with van der Waals surface area (Å²) in [6.07, 6.45) is 4.80. The Morgan fingerprint density at radius 1 is 0.750 bits per heavy atom. The molecule has 0 aromatic rings. The fourth-order valence-corrected chi connectivity index (χ4v) is 5.68. The first-order valence-corrected chi connectivity index (χ1v) is 11.1. The predicted molar refractivity (Wildman–Crippen MR) is 119 cm³/mol. The van der Waals surface area contributed by atoms with Crippen LogP contribution in [0.15, 0.2) is 0 Å². The van der Waals surface area contributed by atoms with Crippen molar-refractivity contribution >= 4 is 5.91 Å². The zero-order valence-electron chi connectivity index (χ0n) is 20.2. The molecule has 2 heterocycles. The summed E-state index contributed by atoms with van der Waals surface area (Å²) in [6, 6.07) is 0.727. The molecule has 0 aromatic heterocycles. The second kappa shape index (κ2) is 7.88.